The maximum absolute atomic E-state index is 12.5. The largest absolute Gasteiger partial charge is 0.446 e. The Morgan fingerprint density at radius 2 is 1.94 bits per heavy atom. The molecule has 6 nitrogen and oxygen atoms in total. The van der Waals surface area contributed by atoms with Gasteiger partial charge in [-0.1, -0.05) is 56.1 Å². The van der Waals surface area contributed by atoms with E-state index in [9.17, 15) is 14.9 Å². The second-order valence-electron chi connectivity index (χ2n) is 8.54. The summed E-state index contributed by atoms with van der Waals surface area (Å²) in [5.74, 6) is -0.0608. The maximum Gasteiger partial charge on any atom is 0.415 e. The number of likely N-dealkylation sites (tertiary alicyclic amines) is 1. The Balaban J connectivity index is 1.81. The van der Waals surface area contributed by atoms with E-state index in [4.69, 9.17) is 16.3 Å². The summed E-state index contributed by atoms with van der Waals surface area (Å²) in [6.45, 7) is 5.42. The van der Waals surface area contributed by atoms with Gasteiger partial charge in [-0.05, 0) is 60.6 Å². The Bertz CT molecular complexity index is 999. The first-order valence-electron chi connectivity index (χ1n) is 11.4. The number of nitrogens with one attached hydrogen (secondary N) is 1. The predicted octanol–water partition coefficient (Wildman–Crippen LogP) is 5.89. The van der Waals surface area contributed by atoms with Crippen LogP contribution in [0.15, 0.2) is 48.5 Å². The van der Waals surface area contributed by atoms with Gasteiger partial charge in [-0.25, -0.2) is 14.9 Å². The first-order chi connectivity index (χ1) is 15.9. The van der Waals surface area contributed by atoms with Gasteiger partial charge in [-0.3, -0.25) is 0 Å². The van der Waals surface area contributed by atoms with Crippen LogP contribution in [0.3, 0.4) is 0 Å². The number of urea groups is 1. The Morgan fingerprint density at radius 3 is 2.55 bits per heavy atom. The highest BCUT2D eigenvalue weighted by atomic mass is 35.5. The minimum absolute atomic E-state index is 0.00471. The van der Waals surface area contributed by atoms with E-state index >= 15 is 0 Å². The lowest BCUT2D eigenvalue weighted by Crippen LogP contribution is -2.50. The van der Waals surface area contributed by atoms with Gasteiger partial charge in [0, 0.05) is 24.0 Å². The lowest BCUT2D eigenvalue weighted by Gasteiger charge is -2.33. The molecule has 1 heterocycles. The number of carbonyl (C=O) groups is 2. The molecule has 2 unspecified atom stereocenters. The third-order valence-electron chi connectivity index (χ3n) is 6.22. The van der Waals surface area contributed by atoms with Crippen molar-refractivity contribution in [1.82, 2.24) is 10.2 Å². The summed E-state index contributed by atoms with van der Waals surface area (Å²) < 4.78 is 5.77. The lowest BCUT2D eigenvalue weighted by atomic mass is 9.78. The van der Waals surface area contributed by atoms with Crippen molar-refractivity contribution in [2.75, 3.05) is 13.1 Å². The third-order valence-corrected chi connectivity index (χ3v) is 6.47. The molecule has 1 aliphatic heterocycles. The molecule has 0 saturated carbocycles. The highest BCUT2D eigenvalue weighted by molar-refractivity contribution is 6.30. The molecule has 0 bridgehead atoms. The number of alkyl carbamates (subject to hydrolysis) is 1. The van der Waals surface area contributed by atoms with E-state index in [1.807, 2.05) is 49.4 Å². The first kappa shape index (κ1) is 24.6. The number of ether oxygens (including phenoxy) is 1. The van der Waals surface area contributed by atoms with Crippen molar-refractivity contribution < 1.29 is 14.3 Å². The number of rotatable bonds is 8. The lowest BCUT2D eigenvalue weighted by molar-refractivity contribution is 0.0516. The van der Waals surface area contributed by atoms with E-state index in [0.717, 1.165) is 24.0 Å². The average Bonchev–Trinajstić information content (AvgIpc) is 2.76. The van der Waals surface area contributed by atoms with Crippen LogP contribution in [0.25, 0.3) is 0 Å². The quantitative estimate of drug-likeness (QED) is 0.524. The van der Waals surface area contributed by atoms with Crippen molar-refractivity contribution in [3.05, 3.63) is 70.2 Å². The second-order valence-corrected chi connectivity index (χ2v) is 8.97. The minimum Gasteiger partial charge on any atom is -0.446 e. The minimum atomic E-state index is -0.715. The van der Waals surface area contributed by atoms with Gasteiger partial charge in [-0.15, -0.1) is 0 Å². The molecular weight excluding hydrogens is 438 g/mol. The number of hydrogen-bond acceptors (Lipinski definition) is 4. The fourth-order valence-corrected chi connectivity index (χ4v) is 4.27. The molecule has 1 saturated heterocycles. The van der Waals surface area contributed by atoms with Crippen LogP contribution in [0.2, 0.25) is 5.02 Å². The molecule has 1 aliphatic rings. The van der Waals surface area contributed by atoms with E-state index in [0.29, 0.717) is 36.5 Å². The number of amides is 3. The normalized spacial score (nSPS) is 15.5. The number of benzene rings is 2. The number of imide groups is 1. The molecule has 0 aliphatic carbocycles. The molecule has 0 aromatic heterocycles. The predicted molar refractivity (Wildman–Crippen MR) is 128 cm³/mol. The van der Waals surface area contributed by atoms with Crippen LogP contribution < -0.4 is 5.32 Å². The molecule has 33 heavy (non-hydrogen) atoms. The van der Waals surface area contributed by atoms with Crippen molar-refractivity contribution in [1.29, 1.82) is 5.26 Å². The molecule has 0 spiro atoms. The van der Waals surface area contributed by atoms with E-state index in [-0.39, 0.29) is 17.9 Å². The van der Waals surface area contributed by atoms with Crippen molar-refractivity contribution in [2.24, 2.45) is 5.92 Å². The molecule has 3 rings (SSSR count). The molecule has 2 aromatic carbocycles. The molecule has 2 aromatic rings. The Kier molecular flexibility index (Phi) is 8.73. The molecule has 1 fully saturated rings. The van der Waals surface area contributed by atoms with Crippen LogP contribution in [0.4, 0.5) is 9.59 Å². The fourth-order valence-electron chi connectivity index (χ4n) is 4.15. The van der Waals surface area contributed by atoms with Crippen LogP contribution in [-0.2, 0) is 11.2 Å². The Morgan fingerprint density at radius 1 is 1.21 bits per heavy atom. The van der Waals surface area contributed by atoms with Crippen LogP contribution >= 0.6 is 11.6 Å². The molecule has 3 atom stereocenters. The highest BCUT2D eigenvalue weighted by Gasteiger charge is 2.31. The van der Waals surface area contributed by atoms with E-state index < -0.39 is 12.1 Å². The summed E-state index contributed by atoms with van der Waals surface area (Å²) in [6, 6.07) is 17.1. The van der Waals surface area contributed by atoms with Gasteiger partial charge in [0.25, 0.3) is 0 Å². The number of nitrogens with zero attached hydrogens (tertiary/aromatic N) is 2. The number of halogens is 1. The van der Waals surface area contributed by atoms with Crippen LogP contribution in [-0.4, -0.2) is 36.2 Å². The molecule has 0 radical (unpaired) electrons. The molecular formula is C26H30ClN3O3. The SMILES string of the molecule is CCCC(OC(=O)NC(=O)N1CCC1)C(C)[C@H](Cc1ccc(Cl)cc1)c1cccc(C#N)c1. The summed E-state index contributed by atoms with van der Waals surface area (Å²) in [4.78, 5) is 26.2. The summed E-state index contributed by atoms with van der Waals surface area (Å²) in [5, 5.41) is 12.4. The third kappa shape index (κ3) is 6.72. The Labute approximate surface area is 200 Å². The van der Waals surface area contributed by atoms with E-state index in [2.05, 4.69) is 18.3 Å². The summed E-state index contributed by atoms with van der Waals surface area (Å²) in [7, 11) is 0. The zero-order valence-corrected chi connectivity index (χ0v) is 19.8. The number of hydrogen-bond donors (Lipinski definition) is 1. The molecule has 1 N–H and O–H groups in total. The average molecular weight is 468 g/mol. The zero-order chi connectivity index (χ0) is 23.8. The van der Waals surface area contributed by atoms with Gasteiger partial charge in [0.05, 0.1) is 11.6 Å². The summed E-state index contributed by atoms with van der Waals surface area (Å²) in [5.41, 5.74) is 2.70. The van der Waals surface area contributed by atoms with Crippen molar-refractivity contribution in [3.8, 4) is 6.07 Å². The fraction of sp³-hybridized carbons (Fsp3) is 0.423. The van der Waals surface area contributed by atoms with Gasteiger partial charge in [0.15, 0.2) is 0 Å². The van der Waals surface area contributed by atoms with Crippen LogP contribution in [0.5, 0.6) is 0 Å². The van der Waals surface area contributed by atoms with Gasteiger partial charge in [-0.2, -0.15) is 5.26 Å². The Hall–Kier alpha value is -3.04. The standard InChI is InChI=1S/C26H30ClN3O3/c1-3-6-24(33-26(32)29-25(31)30-13-5-14-30)18(2)23(16-19-9-11-22(27)12-10-19)21-8-4-7-20(15-21)17-28/h4,7-12,15,18,23-24H,3,5-6,13-14,16H2,1-2H3,(H,29,31,32)/t18?,23-,24?/m0/s1. The highest BCUT2D eigenvalue weighted by Crippen LogP contribution is 2.34. The monoisotopic (exact) mass is 467 g/mol. The number of nitriles is 1. The van der Waals surface area contributed by atoms with Gasteiger partial charge >= 0.3 is 12.1 Å². The number of carbonyl (C=O) groups excluding carboxylic acids is 2. The molecule has 7 heteroatoms. The van der Waals surface area contributed by atoms with Crippen LogP contribution in [0, 0.1) is 17.2 Å². The topological polar surface area (TPSA) is 82.4 Å². The smallest absolute Gasteiger partial charge is 0.415 e. The van der Waals surface area contributed by atoms with Crippen molar-refractivity contribution >= 4 is 23.7 Å². The maximum atomic E-state index is 12.5. The van der Waals surface area contributed by atoms with Gasteiger partial charge in [0.2, 0.25) is 0 Å². The van der Waals surface area contributed by atoms with Crippen molar-refractivity contribution in [2.45, 2.75) is 51.6 Å². The van der Waals surface area contributed by atoms with Gasteiger partial charge in [0.1, 0.15) is 6.10 Å². The van der Waals surface area contributed by atoms with Crippen molar-refractivity contribution in [3.63, 3.8) is 0 Å². The first-order valence-corrected chi connectivity index (χ1v) is 11.8. The van der Waals surface area contributed by atoms with E-state index in [1.165, 1.54) is 0 Å². The zero-order valence-electron chi connectivity index (χ0n) is 19.1. The molecule has 3 amide bonds. The summed E-state index contributed by atoms with van der Waals surface area (Å²) >= 11 is 6.06. The second kappa shape index (κ2) is 11.7. The van der Waals surface area contributed by atoms with Gasteiger partial charge < -0.3 is 9.64 Å². The summed E-state index contributed by atoms with van der Waals surface area (Å²) in [6.07, 6.45) is 2.04. The molecule has 174 valence electrons. The van der Waals surface area contributed by atoms with E-state index in [1.54, 1.807) is 11.0 Å². The van der Waals surface area contributed by atoms with Crippen LogP contribution in [0.1, 0.15) is 55.7 Å².